The van der Waals surface area contributed by atoms with Gasteiger partial charge in [-0.15, -0.1) is 0 Å². The second-order valence-corrected chi connectivity index (χ2v) is 7.95. The van der Waals surface area contributed by atoms with Gasteiger partial charge in [-0.1, -0.05) is 0 Å². The third-order valence-electron chi connectivity index (χ3n) is 5.31. The minimum absolute atomic E-state index is 0.0632. The number of anilines is 1. The second-order valence-electron chi connectivity index (χ2n) is 7.95. The van der Waals surface area contributed by atoms with Crippen molar-refractivity contribution in [1.82, 2.24) is 29.9 Å². The van der Waals surface area contributed by atoms with Crippen molar-refractivity contribution in [3.05, 3.63) is 24.5 Å². The van der Waals surface area contributed by atoms with E-state index in [2.05, 4.69) is 25.6 Å². The summed E-state index contributed by atoms with van der Waals surface area (Å²) < 4.78 is 7.76. The van der Waals surface area contributed by atoms with E-state index in [1.54, 1.807) is 9.58 Å². The maximum Gasteiger partial charge on any atom is 0.317 e. The zero-order valence-electron chi connectivity index (χ0n) is 17.5. The van der Waals surface area contributed by atoms with Crippen LogP contribution in [-0.4, -0.2) is 81.4 Å². The predicted octanol–water partition coefficient (Wildman–Crippen LogP) is 0.917. The molecule has 2 aliphatic heterocycles. The summed E-state index contributed by atoms with van der Waals surface area (Å²) in [6, 6.07) is 5.52. The van der Waals surface area contributed by atoms with Crippen LogP contribution in [0.3, 0.4) is 0 Å². The number of carbonyl (C=O) groups excluding carboxylic acids is 2. The highest BCUT2D eigenvalue weighted by Gasteiger charge is 2.32. The monoisotopic (exact) mass is 413 g/mol. The highest BCUT2D eigenvalue weighted by Crippen LogP contribution is 2.31. The first-order chi connectivity index (χ1) is 14.4. The molecule has 2 aliphatic rings. The van der Waals surface area contributed by atoms with Crippen LogP contribution < -0.4 is 15.4 Å². The number of fused-ring (bicyclic) bond motifs is 2. The van der Waals surface area contributed by atoms with Crippen LogP contribution in [0.25, 0.3) is 11.4 Å². The molecule has 10 nitrogen and oxygen atoms in total. The molecule has 1 aromatic heterocycles. The van der Waals surface area contributed by atoms with Gasteiger partial charge in [-0.2, -0.15) is 5.10 Å². The standard InChI is InChI=1S/C20H27N7O3/c1-13(2)23-20(29)27-7-6-26-10-18(28)24-16-8-14(19-21-12-22-25(19)3)4-5-17(16)30-11-15(26)9-27/h4-5,8,12-13,15H,6-7,9-11H2,1-3H3,(H,23,29)(H,24,28)/t15-/m1/s1. The molecule has 0 radical (unpaired) electrons. The van der Waals surface area contributed by atoms with Gasteiger partial charge in [0.05, 0.1) is 18.3 Å². The molecule has 1 atom stereocenters. The molecular formula is C20H27N7O3. The lowest BCUT2D eigenvalue weighted by molar-refractivity contribution is -0.118. The van der Waals surface area contributed by atoms with Gasteiger partial charge in [-0.25, -0.2) is 14.5 Å². The van der Waals surface area contributed by atoms with Gasteiger partial charge in [0, 0.05) is 38.3 Å². The van der Waals surface area contributed by atoms with E-state index in [0.29, 0.717) is 43.5 Å². The fraction of sp³-hybridized carbons (Fsp3) is 0.500. The number of ether oxygens (including phenoxy) is 1. The van der Waals surface area contributed by atoms with Gasteiger partial charge in [0.1, 0.15) is 18.7 Å². The van der Waals surface area contributed by atoms with Gasteiger partial charge in [0.25, 0.3) is 0 Å². The molecule has 0 unspecified atom stereocenters. The van der Waals surface area contributed by atoms with Crippen LogP contribution in [-0.2, 0) is 11.8 Å². The summed E-state index contributed by atoms with van der Waals surface area (Å²) in [6.45, 7) is 6.22. The Hall–Kier alpha value is -3.14. The average molecular weight is 413 g/mol. The lowest BCUT2D eigenvalue weighted by atomic mass is 10.1. The number of rotatable bonds is 2. The van der Waals surface area contributed by atoms with Crippen molar-refractivity contribution in [1.29, 1.82) is 0 Å². The molecule has 1 saturated heterocycles. The van der Waals surface area contributed by atoms with E-state index >= 15 is 0 Å². The molecule has 1 fully saturated rings. The normalized spacial score (nSPS) is 19.7. The summed E-state index contributed by atoms with van der Waals surface area (Å²) in [5.41, 5.74) is 1.45. The first kappa shape index (κ1) is 20.1. The van der Waals surface area contributed by atoms with Crippen molar-refractivity contribution in [3.8, 4) is 17.1 Å². The number of urea groups is 1. The van der Waals surface area contributed by atoms with Gasteiger partial charge >= 0.3 is 6.03 Å². The number of hydrogen-bond donors (Lipinski definition) is 2. The highest BCUT2D eigenvalue weighted by atomic mass is 16.5. The number of piperazine rings is 1. The molecule has 0 bridgehead atoms. The number of benzene rings is 1. The lowest BCUT2D eigenvalue weighted by Gasteiger charge is -2.40. The Morgan fingerprint density at radius 3 is 2.90 bits per heavy atom. The Kier molecular flexibility index (Phi) is 5.58. The van der Waals surface area contributed by atoms with E-state index in [-0.39, 0.29) is 30.6 Å². The van der Waals surface area contributed by atoms with E-state index in [9.17, 15) is 9.59 Å². The Balaban J connectivity index is 1.54. The number of carbonyl (C=O) groups is 2. The third kappa shape index (κ3) is 4.23. The first-order valence-corrected chi connectivity index (χ1v) is 10.1. The molecule has 160 valence electrons. The van der Waals surface area contributed by atoms with E-state index in [4.69, 9.17) is 4.74 Å². The molecule has 3 amide bonds. The van der Waals surface area contributed by atoms with Crippen molar-refractivity contribution in [2.75, 3.05) is 38.1 Å². The van der Waals surface area contributed by atoms with Crippen LogP contribution in [0.1, 0.15) is 13.8 Å². The van der Waals surface area contributed by atoms with Crippen molar-refractivity contribution in [2.45, 2.75) is 25.9 Å². The molecule has 1 aromatic carbocycles. The zero-order chi connectivity index (χ0) is 21.3. The van der Waals surface area contributed by atoms with Crippen LogP contribution in [0, 0.1) is 0 Å². The van der Waals surface area contributed by atoms with Gasteiger partial charge in [0.2, 0.25) is 5.91 Å². The Morgan fingerprint density at radius 2 is 2.17 bits per heavy atom. The Bertz CT molecular complexity index is 942. The SMILES string of the molecule is CC(C)NC(=O)N1CCN2CC(=O)Nc3cc(-c4ncnn4C)ccc3OC[C@H]2C1. The molecule has 2 N–H and O–H groups in total. The zero-order valence-corrected chi connectivity index (χ0v) is 17.5. The summed E-state index contributed by atoms with van der Waals surface area (Å²) in [5.74, 6) is 1.19. The minimum Gasteiger partial charge on any atom is -0.490 e. The number of nitrogens with zero attached hydrogens (tertiary/aromatic N) is 5. The predicted molar refractivity (Wildman–Crippen MR) is 111 cm³/mol. The first-order valence-electron chi connectivity index (χ1n) is 10.1. The van der Waals surface area contributed by atoms with Gasteiger partial charge in [-0.05, 0) is 32.0 Å². The largest absolute Gasteiger partial charge is 0.490 e. The highest BCUT2D eigenvalue weighted by molar-refractivity contribution is 5.94. The molecule has 10 heteroatoms. The third-order valence-corrected chi connectivity index (χ3v) is 5.31. The van der Waals surface area contributed by atoms with Crippen LogP contribution in [0.5, 0.6) is 5.75 Å². The summed E-state index contributed by atoms with van der Waals surface area (Å²) in [7, 11) is 1.82. The van der Waals surface area contributed by atoms with E-state index < -0.39 is 0 Å². The number of hydrogen-bond acceptors (Lipinski definition) is 6. The second kappa shape index (κ2) is 8.31. The molecule has 0 spiro atoms. The number of aromatic nitrogens is 3. The Labute approximate surface area is 175 Å². The van der Waals surface area contributed by atoms with Crippen molar-refractivity contribution in [2.24, 2.45) is 7.05 Å². The topological polar surface area (TPSA) is 105 Å². The summed E-state index contributed by atoms with van der Waals surface area (Å²) >= 11 is 0. The van der Waals surface area contributed by atoms with Gasteiger partial charge < -0.3 is 20.3 Å². The van der Waals surface area contributed by atoms with E-state index in [1.165, 1.54) is 6.33 Å². The summed E-state index contributed by atoms with van der Waals surface area (Å²) in [4.78, 5) is 33.2. The van der Waals surface area contributed by atoms with Crippen molar-refractivity contribution in [3.63, 3.8) is 0 Å². The summed E-state index contributed by atoms with van der Waals surface area (Å²) in [5, 5.41) is 9.99. The fourth-order valence-corrected chi connectivity index (χ4v) is 3.79. The van der Waals surface area contributed by atoms with E-state index in [1.807, 2.05) is 39.1 Å². The maximum atomic E-state index is 12.7. The number of aryl methyl sites for hydroxylation is 1. The van der Waals surface area contributed by atoms with Crippen molar-refractivity contribution < 1.29 is 14.3 Å². The van der Waals surface area contributed by atoms with Crippen molar-refractivity contribution >= 4 is 17.6 Å². The lowest BCUT2D eigenvalue weighted by Crippen LogP contribution is -2.59. The maximum absolute atomic E-state index is 12.7. The Morgan fingerprint density at radius 1 is 1.33 bits per heavy atom. The molecule has 2 aromatic rings. The molecule has 0 saturated carbocycles. The van der Waals surface area contributed by atoms with Gasteiger partial charge in [0.15, 0.2) is 5.82 Å². The number of amides is 3. The average Bonchev–Trinajstić information content (AvgIpc) is 3.14. The minimum atomic E-state index is -0.109. The molecule has 3 heterocycles. The van der Waals surface area contributed by atoms with Crippen LogP contribution in [0.2, 0.25) is 0 Å². The van der Waals surface area contributed by atoms with Gasteiger partial charge in [-0.3, -0.25) is 9.69 Å². The van der Waals surface area contributed by atoms with E-state index in [0.717, 1.165) is 5.56 Å². The smallest absolute Gasteiger partial charge is 0.317 e. The molecular weight excluding hydrogens is 386 g/mol. The van der Waals surface area contributed by atoms with Crippen LogP contribution in [0.15, 0.2) is 24.5 Å². The fourth-order valence-electron chi connectivity index (χ4n) is 3.79. The molecule has 4 rings (SSSR count). The quantitative estimate of drug-likeness (QED) is 0.759. The van der Waals surface area contributed by atoms with Crippen LogP contribution >= 0.6 is 0 Å². The number of nitrogens with one attached hydrogen (secondary N) is 2. The molecule has 30 heavy (non-hydrogen) atoms. The van der Waals surface area contributed by atoms with Crippen LogP contribution in [0.4, 0.5) is 10.5 Å². The summed E-state index contributed by atoms with van der Waals surface area (Å²) in [6.07, 6.45) is 1.49. The molecule has 0 aliphatic carbocycles.